The van der Waals surface area contributed by atoms with Crippen LogP contribution in [0.3, 0.4) is 0 Å². The fourth-order valence-corrected chi connectivity index (χ4v) is 1.43. The van der Waals surface area contributed by atoms with Crippen molar-refractivity contribution in [3.8, 4) is 0 Å². The minimum Gasteiger partial charge on any atom is -0.342 e. The number of hydrogen-bond donors (Lipinski definition) is 1. The summed E-state index contributed by atoms with van der Waals surface area (Å²) < 4.78 is 1.84. The van der Waals surface area contributed by atoms with Crippen LogP contribution >= 0.6 is 0 Å². The third-order valence-electron chi connectivity index (χ3n) is 2.80. The number of amides is 1. The Morgan fingerprint density at radius 1 is 1.59 bits per heavy atom. The summed E-state index contributed by atoms with van der Waals surface area (Å²) in [5.41, 5.74) is 1.01. The summed E-state index contributed by atoms with van der Waals surface area (Å²) in [5, 5.41) is 3.07. The van der Waals surface area contributed by atoms with Crippen molar-refractivity contribution in [1.29, 1.82) is 0 Å². The van der Waals surface area contributed by atoms with Crippen molar-refractivity contribution in [3.63, 3.8) is 0 Å². The number of carbonyl (C=O) groups is 1. The van der Waals surface area contributed by atoms with Crippen LogP contribution < -0.4 is 5.32 Å². The molecule has 1 rings (SSSR count). The average molecular weight is 238 g/mol. The number of nitrogens with one attached hydrogen (secondary N) is 1. The van der Waals surface area contributed by atoms with Crippen LogP contribution in [0, 0.1) is 0 Å². The Kier molecular flexibility index (Phi) is 5.15. The van der Waals surface area contributed by atoms with E-state index in [0.29, 0.717) is 6.54 Å². The lowest BCUT2D eigenvalue weighted by Gasteiger charge is -2.21. The minimum atomic E-state index is 0.109. The standard InChI is InChI=1S/C12H22N4O/c1-10(2)15(4)12(17)8-16-7-11(14-9-16)5-6-13-3/h7,9-10,13H,5-6,8H2,1-4H3. The van der Waals surface area contributed by atoms with Crippen LogP contribution in [0.5, 0.6) is 0 Å². The van der Waals surface area contributed by atoms with Gasteiger partial charge in [0.15, 0.2) is 0 Å². The van der Waals surface area contributed by atoms with Gasteiger partial charge in [-0.3, -0.25) is 4.79 Å². The second-order valence-electron chi connectivity index (χ2n) is 4.49. The van der Waals surface area contributed by atoms with Crippen molar-refractivity contribution in [1.82, 2.24) is 19.8 Å². The first kappa shape index (κ1) is 13.7. The third-order valence-corrected chi connectivity index (χ3v) is 2.80. The zero-order valence-corrected chi connectivity index (χ0v) is 11.1. The Labute approximate surface area is 103 Å². The van der Waals surface area contributed by atoms with Crippen molar-refractivity contribution in [2.45, 2.75) is 32.9 Å². The molecular weight excluding hydrogens is 216 g/mol. The van der Waals surface area contributed by atoms with Gasteiger partial charge >= 0.3 is 0 Å². The van der Waals surface area contributed by atoms with Gasteiger partial charge in [0.25, 0.3) is 0 Å². The molecular formula is C12H22N4O. The summed E-state index contributed by atoms with van der Waals surface area (Å²) in [6, 6.07) is 0.231. The summed E-state index contributed by atoms with van der Waals surface area (Å²) >= 11 is 0. The van der Waals surface area contributed by atoms with Crippen LogP contribution in [0.15, 0.2) is 12.5 Å². The summed E-state index contributed by atoms with van der Waals surface area (Å²) in [5.74, 6) is 0.109. The summed E-state index contributed by atoms with van der Waals surface area (Å²) in [6.45, 7) is 5.27. The Balaban J connectivity index is 2.51. The van der Waals surface area contributed by atoms with Gasteiger partial charge in [-0.15, -0.1) is 0 Å². The zero-order valence-electron chi connectivity index (χ0n) is 11.1. The van der Waals surface area contributed by atoms with Gasteiger partial charge in [-0.2, -0.15) is 0 Å². The average Bonchev–Trinajstić information content (AvgIpc) is 2.72. The first-order valence-corrected chi connectivity index (χ1v) is 5.95. The smallest absolute Gasteiger partial charge is 0.242 e. The maximum absolute atomic E-state index is 11.8. The highest BCUT2D eigenvalue weighted by Gasteiger charge is 2.12. The summed E-state index contributed by atoms with van der Waals surface area (Å²) in [6.07, 6.45) is 4.54. The zero-order chi connectivity index (χ0) is 12.8. The van der Waals surface area contributed by atoms with Crippen LogP contribution in [0.2, 0.25) is 0 Å². The van der Waals surface area contributed by atoms with Crippen LogP contribution in [-0.2, 0) is 17.8 Å². The van der Waals surface area contributed by atoms with Crippen molar-refractivity contribution in [2.24, 2.45) is 0 Å². The summed E-state index contributed by atoms with van der Waals surface area (Å²) in [4.78, 5) is 17.8. The first-order valence-electron chi connectivity index (χ1n) is 5.95. The largest absolute Gasteiger partial charge is 0.342 e. The van der Waals surface area contributed by atoms with E-state index in [0.717, 1.165) is 18.7 Å². The highest BCUT2D eigenvalue weighted by atomic mass is 16.2. The fourth-order valence-electron chi connectivity index (χ4n) is 1.43. The van der Waals surface area contributed by atoms with Crippen molar-refractivity contribution < 1.29 is 4.79 Å². The Morgan fingerprint density at radius 2 is 2.29 bits per heavy atom. The molecule has 0 aliphatic carbocycles. The van der Waals surface area contributed by atoms with Crippen LogP contribution in [0.4, 0.5) is 0 Å². The van der Waals surface area contributed by atoms with Gasteiger partial charge in [0.2, 0.25) is 5.91 Å². The number of aromatic nitrogens is 2. The van der Waals surface area contributed by atoms with Crippen LogP contribution in [-0.4, -0.2) is 47.0 Å². The maximum Gasteiger partial charge on any atom is 0.242 e. The molecule has 0 saturated carbocycles. The highest BCUT2D eigenvalue weighted by molar-refractivity contribution is 5.75. The molecule has 1 heterocycles. The van der Waals surface area contributed by atoms with Crippen molar-refractivity contribution in [3.05, 3.63) is 18.2 Å². The minimum absolute atomic E-state index is 0.109. The molecule has 5 nitrogen and oxygen atoms in total. The number of rotatable bonds is 6. The molecule has 0 fully saturated rings. The van der Waals surface area contributed by atoms with E-state index >= 15 is 0 Å². The van der Waals surface area contributed by atoms with E-state index in [-0.39, 0.29) is 11.9 Å². The number of nitrogens with zero attached hydrogens (tertiary/aromatic N) is 3. The van der Waals surface area contributed by atoms with E-state index in [2.05, 4.69) is 10.3 Å². The Hall–Kier alpha value is -1.36. The van der Waals surface area contributed by atoms with E-state index in [1.807, 2.05) is 38.7 Å². The fraction of sp³-hybridized carbons (Fsp3) is 0.667. The molecule has 1 aromatic rings. The number of likely N-dealkylation sites (N-methyl/N-ethyl adjacent to an activating group) is 2. The lowest BCUT2D eigenvalue weighted by Crippen LogP contribution is -2.35. The molecule has 0 radical (unpaired) electrons. The molecule has 5 heteroatoms. The first-order chi connectivity index (χ1) is 8.04. The molecule has 17 heavy (non-hydrogen) atoms. The highest BCUT2D eigenvalue weighted by Crippen LogP contribution is 2.00. The van der Waals surface area contributed by atoms with E-state index in [9.17, 15) is 4.79 Å². The molecule has 0 saturated heterocycles. The molecule has 0 aromatic carbocycles. The normalized spacial score (nSPS) is 10.9. The number of imidazole rings is 1. The maximum atomic E-state index is 11.8. The second kappa shape index (κ2) is 6.39. The van der Waals surface area contributed by atoms with Gasteiger partial charge < -0.3 is 14.8 Å². The van der Waals surface area contributed by atoms with E-state index < -0.39 is 0 Å². The van der Waals surface area contributed by atoms with Crippen LogP contribution in [0.25, 0.3) is 0 Å². The van der Waals surface area contributed by atoms with E-state index in [1.54, 1.807) is 11.2 Å². The molecule has 1 aromatic heterocycles. The molecule has 0 spiro atoms. The quantitative estimate of drug-likeness (QED) is 0.785. The lowest BCUT2D eigenvalue weighted by molar-refractivity contribution is -0.131. The molecule has 0 bridgehead atoms. The van der Waals surface area contributed by atoms with Gasteiger partial charge in [0.05, 0.1) is 12.0 Å². The SMILES string of the molecule is CNCCc1cn(CC(=O)N(C)C(C)C)cn1. The molecule has 0 unspecified atom stereocenters. The molecule has 0 atom stereocenters. The van der Waals surface area contributed by atoms with Gasteiger partial charge in [-0.1, -0.05) is 0 Å². The molecule has 0 aliphatic heterocycles. The number of carbonyl (C=O) groups excluding carboxylic acids is 1. The topological polar surface area (TPSA) is 50.2 Å². The van der Waals surface area contributed by atoms with Gasteiger partial charge in [0, 0.05) is 32.3 Å². The van der Waals surface area contributed by atoms with Gasteiger partial charge in [-0.25, -0.2) is 4.98 Å². The van der Waals surface area contributed by atoms with E-state index in [4.69, 9.17) is 0 Å². The predicted octanol–water partition coefficient (Wildman–Crippen LogP) is 0.512. The monoisotopic (exact) mass is 238 g/mol. The van der Waals surface area contributed by atoms with Crippen molar-refractivity contribution >= 4 is 5.91 Å². The number of hydrogen-bond acceptors (Lipinski definition) is 3. The lowest BCUT2D eigenvalue weighted by atomic mass is 10.3. The van der Waals surface area contributed by atoms with Gasteiger partial charge in [0.1, 0.15) is 6.54 Å². The van der Waals surface area contributed by atoms with E-state index in [1.165, 1.54) is 0 Å². The Bertz CT molecular complexity index is 359. The predicted molar refractivity (Wildman–Crippen MR) is 67.8 cm³/mol. The van der Waals surface area contributed by atoms with Crippen molar-refractivity contribution in [2.75, 3.05) is 20.6 Å². The molecule has 1 amide bonds. The second-order valence-corrected chi connectivity index (χ2v) is 4.49. The van der Waals surface area contributed by atoms with Crippen LogP contribution in [0.1, 0.15) is 19.5 Å². The third kappa shape index (κ3) is 4.19. The summed E-state index contributed by atoms with van der Waals surface area (Å²) in [7, 11) is 3.74. The molecule has 96 valence electrons. The molecule has 1 N–H and O–H groups in total. The molecule has 0 aliphatic rings. The Morgan fingerprint density at radius 3 is 2.88 bits per heavy atom. The van der Waals surface area contributed by atoms with Gasteiger partial charge in [-0.05, 0) is 20.9 Å².